The van der Waals surface area contributed by atoms with Crippen LogP contribution in [0.15, 0.2) is 54.6 Å². The highest BCUT2D eigenvalue weighted by Crippen LogP contribution is 2.63. The van der Waals surface area contributed by atoms with Crippen molar-refractivity contribution >= 4 is 0 Å². The zero-order valence-electron chi connectivity index (χ0n) is 20.2. The minimum absolute atomic E-state index is 0.239. The topological polar surface area (TPSA) is 0 Å². The first-order valence-electron chi connectivity index (χ1n) is 11.7. The summed E-state index contributed by atoms with van der Waals surface area (Å²) in [6, 6.07) is 21.8. The summed E-state index contributed by atoms with van der Waals surface area (Å²) in [5.74, 6) is 0. The quantitative estimate of drug-likeness (QED) is 0.235. The van der Waals surface area contributed by atoms with Crippen molar-refractivity contribution < 1.29 is 0 Å². The van der Waals surface area contributed by atoms with Gasteiger partial charge in [-0.2, -0.15) is 0 Å². The van der Waals surface area contributed by atoms with Crippen LogP contribution in [0.3, 0.4) is 0 Å². The highest BCUT2D eigenvalue weighted by atomic mass is 14.5. The molecule has 0 nitrogen and oxygen atoms in total. The van der Waals surface area contributed by atoms with Crippen LogP contribution in [0.1, 0.15) is 61.2 Å². The second-order valence-corrected chi connectivity index (χ2v) is 10.2. The average molecular weight is 415 g/mol. The summed E-state index contributed by atoms with van der Waals surface area (Å²) >= 11 is 0. The van der Waals surface area contributed by atoms with Gasteiger partial charge >= 0.3 is 0 Å². The molecule has 0 amide bonds. The van der Waals surface area contributed by atoms with Crippen LogP contribution in [0.4, 0.5) is 0 Å². The fourth-order valence-corrected chi connectivity index (χ4v) is 6.12. The second kappa shape index (κ2) is 6.23. The van der Waals surface area contributed by atoms with E-state index in [0.717, 1.165) is 0 Å². The molecule has 0 saturated carbocycles. The van der Waals surface area contributed by atoms with E-state index in [0.29, 0.717) is 0 Å². The van der Waals surface area contributed by atoms with Gasteiger partial charge in [0.05, 0.1) is 5.41 Å². The Morgan fingerprint density at radius 3 is 1.16 bits per heavy atom. The molecule has 2 aliphatic carbocycles. The van der Waals surface area contributed by atoms with Crippen molar-refractivity contribution in [3.05, 3.63) is 116 Å². The molecule has 0 aromatic heterocycles. The molecule has 1 spiro atoms. The third-order valence-electron chi connectivity index (χ3n) is 8.27. The van der Waals surface area contributed by atoms with E-state index in [4.69, 9.17) is 0 Å². The van der Waals surface area contributed by atoms with Crippen LogP contribution in [-0.2, 0) is 5.41 Å². The largest absolute Gasteiger partial charge is 0.0725 e. The van der Waals surface area contributed by atoms with E-state index in [1.807, 2.05) is 0 Å². The van der Waals surface area contributed by atoms with Crippen molar-refractivity contribution in [3.63, 3.8) is 0 Å². The molecule has 0 radical (unpaired) electrons. The summed E-state index contributed by atoms with van der Waals surface area (Å²) in [6.45, 7) is 15.7. The monoisotopic (exact) mass is 414 g/mol. The van der Waals surface area contributed by atoms with Gasteiger partial charge in [0.1, 0.15) is 0 Å². The molecule has 0 fully saturated rings. The Labute approximate surface area is 192 Å². The van der Waals surface area contributed by atoms with Gasteiger partial charge in [-0.3, -0.25) is 0 Å². The zero-order valence-corrected chi connectivity index (χ0v) is 20.2. The molecule has 158 valence electrons. The Kier molecular flexibility index (Phi) is 3.81. The highest BCUT2D eigenvalue weighted by Gasteiger charge is 2.52. The van der Waals surface area contributed by atoms with Crippen molar-refractivity contribution in [1.82, 2.24) is 0 Å². The summed E-state index contributed by atoms with van der Waals surface area (Å²) < 4.78 is 0. The van der Waals surface area contributed by atoms with Gasteiger partial charge in [-0.15, -0.1) is 0 Å². The SMILES string of the molecule is Cc1ccc2c(c1)C1(c3cc(C)c(C)cc3-2)c2cc(C)c(C)cc2-c2cc(C)c(C)cc21. The van der Waals surface area contributed by atoms with Crippen molar-refractivity contribution in [2.45, 2.75) is 53.9 Å². The van der Waals surface area contributed by atoms with E-state index in [1.165, 1.54) is 83.5 Å². The van der Waals surface area contributed by atoms with Gasteiger partial charge in [0, 0.05) is 0 Å². The Balaban J connectivity index is 1.89. The Morgan fingerprint density at radius 1 is 0.375 bits per heavy atom. The zero-order chi connectivity index (χ0) is 22.5. The van der Waals surface area contributed by atoms with Crippen molar-refractivity contribution in [2.24, 2.45) is 0 Å². The molecule has 0 heteroatoms. The Morgan fingerprint density at radius 2 is 0.719 bits per heavy atom. The first-order chi connectivity index (χ1) is 15.2. The maximum absolute atomic E-state index is 2.48. The van der Waals surface area contributed by atoms with Gasteiger partial charge in [0.15, 0.2) is 0 Å². The minimum Gasteiger partial charge on any atom is -0.0587 e. The average Bonchev–Trinajstić information content (AvgIpc) is 3.15. The molecule has 32 heavy (non-hydrogen) atoms. The van der Waals surface area contributed by atoms with E-state index < -0.39 is 0 Å². The summed E-state index contributed by atoms with van der Waals surface area (Å²) in [4.78, 5) is 0. The van der Waals surface area contributed by atoms with Gasteiger partial charge in [-0.1, -0.05) is 60.2 Å². The Hall–Kier alpha value is -3.12. The van der Waals surface area contributed by atoms with E-state index >= 15 is 0 Å². The molecule has 4 aromatic rings. The number of fused-ring (bicyclic) bond motifs is 10. The summed E-state index contributed by atoms with van der Waals surface area (Å²) in [6.07, 6.45) is 0. The lowest BCUT2D eigenvalue weighted by molar-refractivity contribution is 0.788. The van der Waals surface area contributed by atoms with Crippen LogP contribution >= 0.6 is 0 Å². The summed E-state index contributed by atoms with van der Waals surface area (Å²) in [5, 5.41) is 0. The summed E-state index contributed by atoms with van der Waals surface area (Å²) in [5.41, 5.74) is 20.7. The molecule has 0 bridgehead atoms. The van der Waals surface area contributed by atoms with Gasteiger partial charge < -0.3 is 0 Å². The molecular weight excluding hydrogens is 384 g/mol. The Bertz CT molecular complexity index is 1420. The molecule has 0 atom stereocenters. The maximum Gasteiger partial charge on any atom is 0.0725 e. The number of aryl methyl sites for hydroxylation is 7. The number of hydrogen-bond donors (Lipinski definition) is 0. The lowest BCUT2D eigenvalue weighted by Gasteiger charge is -2.31. The smallest absolute Gasteiger partial charge is 0.0587 e. The van der Waals surface area contributed by atoms with Crippen molar-refractivity contribution in [2.75, 3.05) is 0 Å². The maximum atomic E-state index is 2.48. The fraction of sp³-hybridized carbons (Fsp3) is 0.250. The second-order valence-electron chi connectivity index (χ2n) is 10.2. The van der Waals surface area contributed by atoms with Crippen LogP contribution in [0, 0.1) is 48.5 Å². The molecule has 0 aliphatic heterocycles. The summed E-state index contributed by atoms with van der Waals surface area (Å²) in [7, 11) is 0. The molecule has 0 heterocycles. The number of benzene rings is 4. The van der Waals surface area contributed by atoms with Crippen LogP contribution in [-0.4, -0.2) is 0 Å². The van der Waals surface area contributed by atoms with E-state index in [9.17, 15) is 0 Å². The number of rotatable bonds is 0. The van der Waals surface area contributed by atoms with E-state index in [2.05, 4.69) is 103 Å². The highest BCUT2D eigenvalue weighted by molar-refractivity contribution is 5.96. The molecule has 0 unspecified atom stereocenters. The first-order valence-corrected chi connectivity index (χ1v) is 11.7. The van der Waals surface area contributed by atoms with E-state index in [1.54, 1.807) is 0 Å². The lowest BCUT2D eigenvalue weighted by atomic mass is 9.69. The number of hydrogen-bond acceptors (Lipinski definition) is 0. The van der Waals surface area contributed by atoms with Crippen LogP contribution in [0.2, 0.25) is 0 Å². The molecule has 2 aliphatic rings. The standard InChI is InChI=1S/C32H30/c1-17-8-9-24-25-11-18(2)21(5)14-29(25)32(28(24)10-17)30-15-22(6)19(3)12-26(30)27-13-20(4)23(7)16-31(27)32/h8-16H,1-7H3. The van der Waals surface area contributed by atoms with Gasteiger partial charge in [-0.25, -0.2) is 0 Å². The predicted molar refractivity (Wildman–Crippen MR) is 136 cm³/mol. The molecule has 0 saturated heterocycles. The minimum atomic E-state index is -0.239. The van der Waals surface area contributed by atoms with Crippen LogP contribution < -0.4 is 0 Å². The van der Waals surface area contributed by atoms with Crippen LogP contribution in [0.25, 0.3) is 22.3 Å². The molecular formula is C32H30. The molecule has 0 N–H and O–H groups in total. The van der Waals surface area contributed by atoms with Crippen molar-refractivity contribution in [1.29, 1.82) is 0 Å². The van der Waals surface area contributed by atoms with Crippen molar-refractivity contribution in [3.8, 4) is 22.3 Å². The normalized spacial score (nSPS) is 14.3. The van der Waals surface area contributed by atoms with Gasteiger partial charge in [-0.05, 0) is 126 Å². The van der Waals surface area contributed by atoms with Gasteiger partial charge in [0.2, 0.25) is 0 Å². The lowest BCUT2D eigenvalue weighted by Crippen LogP contribution is -2.26. The fourth-order valence-electron chi connectivity index (χ4n) is 6.12. The first kappa shape index (κ1) is 19.6. The van der Waals surface area contributed by atoms with Gasteiger partial charge in [0.25, 0.3) is 0 Å². The van der Waals surface area contributed by atoms with E-state index in [-0.39, 0.29) is 5.41 Å². The third-order valence-corrected chi connectivity index (χ3v) is 8.27. The third kappa shape index (κ3) is 2.23. The van der Waals surface area contributed by atoms with Crippen LogP contribution in [0.5, 0.6) is 0 Å². The molecule has 6 rings (SSSR count). The predicted octanol–water partition coefficient (Wildman–Crippen LogP) is 8.19. The molecule has 4 aromatic carbocycles.